The van der Waals surface area contributed by atoms with Crippen LogP contribution in [0.4, 0.5) is 14.5 Å². The molecule has 1 unspecified atom stereocenters. The summed E-state index contributed by atoms with van der Waals surface area (Å²) in [6.07, 6.45) is 0. The Kier molecular flexibility index (Phi) is 4.85. The second-order valence-corrected chi connectivity index (χ2v) is 6.10. The highest BCUT2D eigenvalue weighted by molar-refractivity contribution is 5.93. The molecule has 0 aliphatic carbocycles. The Morgan fingerprint density at radius 2 is 1.85 bits per heavy atom. The maximum absolute atomic E-state index is 13.7. The van der Waals surface area contributed by atoms with E-state index in [9.17, 15) is 18.4 Å². The van der Waals surface area contributed by atoms with Gasteiger partial charge in [-0.3, -0.25) is 9.59 Å². The Labute approximate surface area is 153 Å². The third kappa shape index (κ3) is 3.76. The molecule has 0 saturated carbocycles. The minimum absolute atomic E-state index is 0.311. The molecule has 2 aromatic heterocycles. The first-order valence-electron chi connectivity index (χ1n) is 8.15. The molecule has 7 nitrogen and oxygen atoms in total. The molecule has 0 radical (unpaired) electrons. The van der Waals surface area contributed by atoms with Gasteiger partial charge in [0.1, 0.15) is 17.7 Å². The van der Waals surface area contributed by atoms with E-state index in [1.54, 1.807) is 4.68 Å². The van der Waals surface area contributed by atoms with Crippen LogP contribution in [0.2, 0.25) is 0 Å². The molecular formula is C18H17F2N5O2. The summed E-state index contributed by atoms with van der Waals surface area (Å²) in [4.78, 5) is 24.6. The van der Waals surface area contributed by atoms with Gasteiger partial charge in [0.05, 0.1) is 11.4 Å². The minimum atomic E-state index is -1.06. The van der Waals surface area contributed by atoms with Gasteiger partial charge in [-0.25, -0.2) is 18.1 Å². The number of carbonyl (C=O) groups is 1. The molecule has 1 N–H and O–H groups in total. The first-order chi connectivity index (χ1) is 12.8. The highest BCUT2D eigenvalue weighted by Crippen LogP contribution is 2.17. The van der Waals surface area contributed by atoms with Gasteiger partial charge >= 0.3 is 0 Å². The van der Waals surface area contributed by atoms with Crippen molar-refractivity contribution in [2.45, 2.75) is 26.8 Å². The quantitative estimate of drug-likeness (QED) is 0.762. The second kappa shape index (κ2) is 7.10. The highest BCUT2D eigenvalue weighted by atomic mass is 19.1. The number of nitrogens with zero attached hydrogens (tertiary/aromatic N) is 4. The molecule has 0 saturated heterocycles. The Balaban J connectivity index is 1.92. The summed E-state index contributed by atoms with van der Waals surface area (Å²) in [5.41, 5.74) is 0.765. The number of carbonyl (C=O) groups excluding carboxylic acids is 1. The van der Waals surface area contributed by atoms with Gasteiger partial charge in [-0.2, -0.15) is 5.10 Å². The predicted octanol–water partition coefficient (Wildman–Crippen LogP) is 2.52. The van der Waals surface area contributed by atoms with E-state index >= 15 is 0 Å². The van der Waals surface area contributed by atoms with E-state index in [2.05, 4.69) is 15.5 Å². The molecule has 1 atom stereocenters. The van der Waals surface area contributed by atoms with Crippen molar-refractivity contribution in [3.05, 3.63) is 69.8 Å². The average Bonchev–Trinajstić information content (AvgIpc) is 2.96. The lowest BCUT2D eigenvalue weighted by atomic mass is 10.2. The number of aromatic nitrogens is 4. The van der Waals surface area contributed by atoms with E-state index in [1.807, 2.05) is 19.9 Å². The smallest absolute Gasteiger partial charge is 0.267 e. The van der Waals surface area contributed by atoms with Crippen molar-refractivity contribution in [2.75, 3.05) is 5.32 Å². The lowest BCUT2D eigenvalue weighted by Crippen LogP contribution is -2.34. The molecule has 140 valence electrons. The maximum Gasteiger partial charge on any atom is 0.267 e. The summed E-state index contributed by atoms with van der Waals surface area (Å²) in [6.45, 7) is 5.09. The van der Waals surface area contributed by atoms with Gasteiger partial charge in [0, 0.05) is 17.8 Å². The van der Waals surface area contributed by atoms with Crippen LogP contribution < -0.4 is 10.9 Å². The lowest BCUT2D eigenvalue weighted by Gasteiger charge is -2.15. The van der Waals surface area contributed by atoms with Crippen LogP contribution in [0.1, 0.15) is 24.4 Å². The van der Waals surface area contributed by atoms with Crippen LogP contribution in [0.25, 0.3) is 5.82 Å². The predicted molar refractivity (Wildman–Crippen MR) is 94.8 cm³/mol. The molecule has 0 bridgehead atoms. The summed E-state index contributed by atoms with van der Waals surface area (Å²) in [7, 11) is 0. The number of benzene rings is 1. The monoisotopic (exact) mass is 373 g/mol. The fraction of sp³-hybridized carbons (Fsp3) is 0.222. The molecule has 2 heterocycles. The summed E-state index contributed by atoms with van der Waals surface area (Å²) in [6, 6.07) is 6.27. The van der Waals surface area contributed by atoms with Crippen LogP contribution in [0.15, 0.2) is 41.2 Å². The van der Waals surface area contributed by atoms with E-state index in [0.29, 0.717) is 5.82 Å². The molecule has 1 amide bonds. The van der Waals surface area contributed by atoms with E-state index < -0.39 is 29.1 Å². The molecule has 0 fully saturated rings. The Morgan fingerprint density at radius 3 is 2.52 bits per heavy atom. The number of anilines is 1. The standard InChI is InChI=1S/C18H17F2N5O2/c1-10-8-11(2)24(22-10)16-6-7-17(26)25(23-16)12(3)18(27)21-15-9-13(19)4-5-14(15)20/h4-9,12H,1-3H3,(H,21,27). The molecule has 0 spiro atoms. The SMILES string of the molecule is Cc1cc(C)n(-c2ccc(=O)n(C(C)C(=O)Nc3cc(F)ccc3F)n2)n1. The van der Waals surface area contributed by atoms with Crippen LogP contribution in [0.5, 0.6) is 0 Å². The van der Waals surface area contributed by atoms with Gasteiger partial charge in [-0.1, -0.05) is 0 Å². The zero-order chi connectivity index (χ0) is 19.7. The number of rotatable bonds is 4. The zero-order valence-corrected chi connectivity index (χ0v) is 14.9. The van der Waals surface area contributed by atoms with Gasteiger partial charge in [0.2, 0.25) is 5.91 Å². The summed E-state index contributed by atoms with van der Waals surface area (Å²) < 4.78 is 29.5. The minimum Gasteiger partial charge on any atom is -0.322 e. The summed E-state index contributed by atoms with van der Waals surface area (Å²) in [5, 5.41) is 10.8. The van der Waals surface area contributed by atoms with Crippen molar-refractivity contribution in [2.24, 2.45) is 0 Å². The van der Waals surface area contributed by atoms with Crippen LogP contribution in [0, 0.1) is 25.5 Å². The van der Waals surface area contributed by atoms with Gasteiger partial charge in [0.15, 0.2) is 5.82 Å². The molecule has 0 aliphatic heterocycles. The van der Waals surface area contributed by atoms with Gasteiger partial charge < -0.3 is 5.32 Å². The lowest BCUT2D eigenvalue weighted by molar-refractivity contribution is -0.119. The van der Waals surface area contributed by atoms with E-state index in [4.69, 9.17) is 0 Å². The topological polar surface area (TPSA) is 81.8 Å². The van der Waals surface area contributed by atoms with Crippen molar-refractivity contribution in [1.29, 1.82) is 0 Å². The van der Waals surface area contributed by atoms with Gasteiger partial charge in [0.25, 0.3) is 5.56 Å². The van der Waals surface area contributed by atoms with Crippen LogP contribution in [0.3, 0.4) is 0 Å². The number of hydrogen-bond donors (Lipinski definition) is 1. The summed E-state index contributed by atoms with van der Waals surface area (Å²) >= 11 is 0. The van der Waals surface area contributed by atoms with Crippen LogP contribution >= 0.6 is 0 Å². The number of nitrogens with one attached hydrogen (secondary N) is 1. The second-order valence-electron chi connectivity index (χ2n) is 6.10. The highest BCUT2D eigenvalue weighted by Gasteiger charge is 2.20. The molecule has 3 aromatic rings. The van der Waals surface area contributed by atoms with Crippen LogP contribution in [-0.2, 0) is 4.79 Å². The van der Waals surface area contributed by atoms with Crippen LogP contribution in [-0.4, -0.2) is 25.5 Å². The van der Waals surface area contributed by atoms with Crippen molar-refractivity contribution < 1.29 is 13.6 Å². The summed E-state index contributed by atoms with van der Waals surface area (Å²) in [5.74, 6) is -1.83. The number of halogens is 2. The molecule has 3 rings (SSSR count). The fourth-order valence-electron chi connectivity index (χ4n) is 2.61. The molecular weight excluding hydrogens is 356 g/mol. The Bertz CT molecular complexity index is 1070. The zero-order valence-electron chi connectivity index (χ0n) is 14.9. The number of aryl methyl sites for hydroxylation is 2. The van der Waals surface area contributed by atoms with E-state index in [1.165, 1.54) is 19.1 Å². The number of amides is 1. The largest absolute Gasteiger partial charge is 0.322 e. The van der Waals surface area contributed by atoms with E-state index in [-0.39, 0.29) is 5.69 Å². The molecule has 27 heavy (non-hydrogen) atoms. The Hall–Kier alpha value is -3.36. The van der Waals surface area contributed by atoms with Crippen molar-refractivity contribution in [1.82, 2.24) is 19.6 Å². The molecule has 9 heteroatoms. The van der Waals surface area contributed by atoms with Crippen molar-refractivity contribution in [3.8, 4) is 5.82 Å². The Morgan fingerprint density at radius 1 is 1.11 bits per heavy atom. The maximum atomic E-state index is 13.7. The first kappa shape index (κ1) is 18.4. The van der Waals surface area contributed by atoms with E-state index in [0.717, 1.165) is 34.3 Å². The third-order valence-electron chi connectivity index (χ3n) is 3.97. The third-order valence-corrected chi connectivity index (χ3v) is 3.97. The van der Waals surface area contributed by atoms with Gasteiger partial charge in [-0.05, 0) is 45.0 Å². The molecule has 0 aliphatic rings. The van der Waals surface area contributed by atoms with Crippen molar-refractivity contribution in [3.63, 3.8) is 0 Å². The number of hydrogen-bond acceptors (Lipinski definition) is 4. The average molecular weight is 373 g/mol. The normalized spacial score (nSPS) is 12.0. The fourth-order valence-corrected chi connectivity index (χ4v) is 2.61. The first-order valence-corrected chi connectivity index (χ1v) is 8.15. The van der Waals surface area contributed by atoms with Gasteiger partial charge in [-0.15, -0.1) is 5.10 Å². The van der Waals surface area contributed by atoms with Crippen molar-refractivity contribution >= 4 is 11.6 Å². The molecule has 1 aromatic carbocycles.